The zero-order valence-electron chi connectivity index (χ0n) is 13.5. The molecule has 4 rings (SSSR count). The molecule has 0 saturated carbocycles. The van der Waals surface area contributed by atoms with Crippen LogP contribution >= 0.6 is 0 Å². The second-order valence-electron chi connectivity index (χ2n) is 6.12. The number of nitrogens with zero attached hydrogens (tertiary/aromatic N) is 3. The van der Waals surface area contributed by atoms with Crippen LogP contribution in [0.4, 0.5) is 5.82 Å². The van der Waals surface area contributed by atoms with Crippen molar-refractivity contribution in [3.8, 4) is 17.1 Å². The third kappa shape index (κ3) is 2.77. The standard InChI is InChI=1S/C18H22N4O/c1-23-14-5-2-4-13(12-14)17-20-16-7-3-6-15(16)18(21-17)22-10-8-19-9-11-22/h2,4-5,12,19H,3,6-11H2,1H3. The summed E-state index contributed by atoms with van der Waals surface area (Å²) in [6.07, 6.45) is 3.35. The predicted molar refractivity (Wildman–Crippen MR) is 91.1 cm³/mol. The van der Waals surface area contributed by atoms with Gasteiger partial charge in [0.1, 0.15) is 11.6 Å². The summed E-state index contributed by atoms with van der Waals surface area (Å²) in [6, 6.07) is 8.02. The lowest BCUT2D eigenvalue weighted by Crippen LogP contribution is -2.44. The Balaban J connectivity index is 1.78. The number of fused-ring (bicyclic) bond motifs is 1. The number of rotatable bonds is 3. The van der Waals surface area contributed by atoms with Crippen molar-refractivity contribution in [2.24, 2.45) is 0 Å². The average Bonchev–Trinajstić information content (AvgIpc) is 3.10. The maximum atomic E-state index is 5.34. The molecule has 120 valence electrons. The van der Waals surface area contributed by atoms with E-state index in [2.05, 4.69) is 16.3 Å². The van der Waals surface area contributed by atoms with Gasteiger partial charge in [0.2, 0.25) is 0 Å². The van der Waals surface area contributed by atoms with Crippen LogP contribution < -0.4 is 15.0 Å². The van der Waals surface area contributed by atoms with E-state index in [1.165, 1.54) is 17.7 Å². The number of aryl methyl sites for hydroxylation is 1. The van der Waals surface area contributed by atoms with E-state index in [1.807, 2.05) is 18.2 Å². The molecule has 2 aromatic rings. The minimum absolute atomic E-state index is 0.818. The number of aromatic nitrogens is 2. The van der Waals surface area contributed by atoms with Gasteiger partial charge in [0.05, 0.1) is 7.11 Å². The number of hydrogen-bond acceptors (Lipinski definition) is 5. The predicted octanol–water partition coefficient (Wildman–Crippen LogP) is 2.05. The lowest BCUT2D eigenvalue weighted by Gasteiger charge is -2.30. The smallest absolute Gasteiger partial charge is 0.161 e. The molecule has 1 aliphatic heterocycles. The molecule has 1 aromatic heterocycles. The minimum atomic E-state index is 0.818. The molecule has 0 atom stereocenters. The van der Waals surface area contributed by atoms with Gasteiger partial charge in [-0.25, -0.2) is 9.97 Å². The largest absolute Gasteiger partial charge is 0.497 e. The Morgan fingerprint density at radius 3 is 2.83 bits per heavy atom. The number of ether oxygens (including phenoxy) is 1. The molecule has 0 spiro atoms. The van der Waals surface area contributed by atoms with Gasteiger partial charge >= 0.3 is 0 Å². The highest BCUT2D eigenvalue weighted by atomic mass is 16.5. The van der Waals surface area contributed by atoms with E-state index < -0.39 is 0 Å². The first-order valence-electron chi connectivity index (χ1n) is 8.35. The summed E-state index contributed by atoms with van der Waals surface area (Å²) in [6.45, 7) is 4.07. The summed E-state index contributed by atoms with van der Waals surface area (Å²) in [5.74, 6) is 2.81. The van der Waals surface area contributed by atoms with Crippen molar-refractivity contribution in [2.45, 2.75) is 19.3 Å². The number of methoxy groups -OCH3 is 1. The quantitative estimate of drug-likeness (QED) is 0.940. The zero-order chi connectivity index (χ0) is 15.6. The summed E-state index contributed by atoms with van der Waals surface area (Å²) in [5, 5.41) is 3.41. The minimum Gasteiger partial charge on any atom is -0.497 e. The van der Waals surface area contributed by atoms with Crippen LogP contribution in [-0.4, -0.2) is 43.3 Å². The number of piperazine rings is 1. The van der Waals surface area contributed by atoms with Crippen LogP contribution in [0.15, 0.2) is 24.3 Å². The molecule has 5 heteroatoms. The van der Waals surface area contributed by atoms with Crippen LogP contribution in [-0.2, 0) is 12.8 Å². The van der Waals surface area contributed by atoms with E-state index in [1.54, 1.807) is 7.11 Å². The Labute approximate surface area is 136 Å². The molecule has 0 amide bonds. The SMILES string of the molecule is COc1cccc(-c2nc3c(c(N4CCNCC4)n2)CCC3)c1. The second-order valence-corrected chi connectivity index (χ2v) is 6.12. The van der Waals surface area contributed by atoms with Gasteiger partial charge < -0.3 is 15.0 Å². The Hall–Kier alpha value is -2.14. The Morgan fingerprint density at radius 2 is 2.00 bits per heavy atom. The fourth-order valence-corrected chi connectivity index (χ4v) is 3.44. The van der Waals surface area contributed by atoms with Gasteiger partial charge in [0, 0.05) is 43.0 Å². The van der Waals surface area contributed by atoms with Crippen molar-refractivity contribution < 1.29 is 4.74 Å². The number of benzene rings is 1. The van der Waals surface area contributed by atoms with Gasteiger partial charge in [0.25, 0.3) is 0 Å². The van der Waals surface area contributed by atoms with E-state index in [0.29, 0.717) is 0 Å². The van der Waals surface area contributed by atoms with Crippen molar-refractivity contribution in [3.63, 3.8) is 0 Å². The molecule has 1 aliphatic carbocycles. The summed E-state index contributed by atoms with van der Waals surface area (Å²) in [4.78, 5) is 12.2. The van der Waals surface area contributed by atoms with Gasteiger partial charge in [-0.1, -0.05) is 12.1 Å². The van der Waals surface area contributed by atoms with Crippen molar-refractivity contribution in [3.05, 3.63) is 35.5 Å². The molecule has 5 nitrogen and oxygen atoms in total. The summed E-state index contributed by atoms with van der Waals surface area (Å²) in [5.41, 5.74) is 3.61. The summed E-state index contributed by atoms with van der Waals surface area (Å²) < 4.78 is 5.34. The highest BCUT2D eigenvalue weighted by molar-refractivity contribution is 5.63. The normalized spacial score (nSPS) is 17.2. The summed E-state index contributed by atoms with van der Waals surface area (Å²) in [7, 11) is 1.69. The van der Waals surface area contributed by atoms with Crippen molar-refractivity contribution in [1.29, 1.82) is 0 Å². The summed E-state index contributed by atoms with van der Waals surface area (Å²) >= 11 is 0. The van der Waals surface area contributed by atoms with Crippen LogP contribution in [0.5, 0.6) is 5.75 Å². The van der Waals surface area contributed by atoms with E-state index in [4.69, 9.17) is 14.7 Å². The lowest BCUT2D eigenvalue weighted by molar-refractivity contribution is 0.415. The average molecular weight is 310 g/mol. The molecule has 2 heterocycles. The molecular formula is C18H22N4O. The molecule has 23 heavy (non-hydrogen) atoms. The molecular weight excluding hydrogens is 288 g/mol. The number of hydrogen-bond donors (Lipinski definition) is 1. The first-order chi connectivity index (χ1) is 11.3. The molecule has 0 bridgehead atoms. The first kappa shape index (κ1) is 14.5. The highest BCUT2D eigenvalue weighted by Crippen LogP contribution is 2.32. The van der Waals surface area contributed by atoms with Crippen molar-refractivity contribution in [2.75, 3.05) is 38.2 Å². The Morgan fingerprint density at radius 1 is 1.13 bits per heavy atom. The molecule has 1 aromatic carbocycles. The lowest BCUT2D eigenvalue weighted by atomic mass is 10.1. The van der Waals surface area contributed by atoms with E-state index in [0.717, 1.165) is 62.0 Å². The van der Waals surface area contributed by atoms with E-state index in [-0.39, 0.29) is 0 Å². The first-order valence-corrected chi connectivity index (χ1v) is 8.35. The van der Waals surface area contributed by atoms with Crippen LogP contribution in [0.2, 0.25) is 0 Å². The molecule has 1 fully saturated rings. The van der Waals surface area contributed by atoms with E-state index in [9.17, 15) is 0 Å². The second kappa shape index (κ2) is 6.16. The Bertz CT molecular complexity index is 710. The molecule has 2 aliphatic rings. The maximum absolute atomic E-state index is 5.34. The zero-order valence-corrected chi connectivity index (χ0v) is 13.5. The third-order valence-corrected chi connectivity index (χ3v) is 4.66. The fourth-order valence-electron chi connectivity index (χ4n) is 3.44. The van der Waals surface area contributed by atoms with Gasteiger partial charge in [-0.05, 0) is 31.4 Å². The highest BCUT2D eigenvalue weighted by Gasteiger charge is 2.24. The van der Waals surface area contributed by atoms with Gasteiger partial charge in [-0.3, -0.25) is 0 Å². The van der Waals surface area contributed by atoms with Crippen LogP contribution in [0.25, 0.3) is 11.4 Å². The number of anilines is 1. The van der Waals surface area contributed by atoms with Crippen LogP contribution in [0.3, 0.4) is 0 Å². The van der Waals surface area contributed by atoms with Crippen LogP contribution in [0.1, 0.15) is 17.7 Å². The van der Waals surface area contributed by atoms with Crippen LogP contribution in [0, 0.1) is 0 Å². The monoisotopic (exact) mass is 310 g/mol. The fraction of sp³-hybridized carbons (Fsp3) is 0.444. The van der Waals surface area contributed by atoms with Gasteiger partial charge in [-0.2, -0.15) is 0 Å². The molecule has 1 saturated heterocycles. The number of nitrogens with one attached hydrogen (secondary N) is 1. The molecule has 1 N–H and O–H groups in total. The molecule has 0 radical (unpaired) electrons. The topological polar surface area (TPSA) is 50.3 Å². The van der Waals surface area contributed by atoms with Crippen molar-refractivity contribution >= 4 is 5.82 Å². The van der Waals surface area contributed by atoms with E-state index >= 15 is 0 Å². The third-order valence-electron chi connectivity index (χ3n) is 4.66. The molecule has 0 unspecified atom stereocenters. The van der Waals surface area contributed by atoms with Gasteiger partial charge in [0.15, 0.2) is 5.82 Å². The Kier molecular flexibility index (Phi) is 3.87. The maximum Gasteiger partial charge on any atom is 0.161 e. The van der Waals surface area contributed by atoms with Crippen molar-refractivity contribution in [1.82, 2.24) is 15.3 Å². The van der Waals surface area contributed by atoms with Gasteiger partial charge in [-0.15, -0.1) is 0 Å².